The summed E-state index contributed by atoms with van der Waals surface area (Å²) in [5.41, 5.74) is 0. The second-order valence-corrected chi connectivity index (χ2v) is 6.41. The lowest BCUT2D eigenvalue weighted by atomic mass is 10.1. The molecule has 2 fully saturated rings. The van der Waals surface area contributed by atoms with Crippen LogP contribution in [0.1, 0.15) is 31.5 Å². The number of amides is 1. The van der Waals surface area contributed by atoms with Crippen LogP contribution in [0.5, 0.6) is 0 Å². The second-order valence-electron chi connectivity index (χ2n) is 6.41. The molecule has 1 aromatic heterocycles. The highest BCUT2D eigenvalue weighted by Gasteiger charge is 2.23. The third kappa shape index (κ3) is 4.75. The van der Waals surface area contributed by atoms with Crippen molar-refractivity contribution in [1.82, 2.24) is 25.3 Å². The van der Waals surface area contributed by atoms with Crippen molar-refractivity contribution in [1.29, 1.82) is 0 Å². The minimum absolute atomic E-state index is 0.168. The van der Waals surface area contributed by atoms with Gasteiger partial charge in [0.1, 0.15) is 0 Å². The van der Waals surface area contributed by atoms with E-state index in [0.29, 0.717) is 51.3 Å². The van der Waals surface area contributed by atoms with Crippen LogP contribution in [0.2, 0.25) is 0 Å². The lowest BCUT2D eigenvalue weighted by molar-refractivity contribution is -0.134. The number of carbonyl (C=O) groups excluding carboxylic acids is 1. The fourth-order valence-corrected chi connectivity index (χ4v) is 3.22. The van der Waals surface area contributed by atoms with Gasteiger partial charge in [-0.2, -0.15) is 4.98 Å². The van der Waals surface area contributed by atoms with Gasteiger partial charge < -0.3 is 19.5 Å². The molecule has 8 heteroatoms. The Morgan fingerprint density at radius 3 is 2.92 bits per heavy atom. The second kappa shape index (κ2) is 8.55. The number of aromatic nitrogens is 2. The van der Waals surface area contributed by atoms with Gasteiger partial charge in [-0.25, -0.2) is 0 Å². The maximum absolute atomic E-state index is 12.2. The number of likely N-dealkylation sites (tertiary alicyclic amines) is 1. The Balaban J connectivity index is 1.42. The minimum Gasteiger partial charge on any atom is -0.378 e. The molecule has 2 aliphatic rings. The molecule has 1 aromatic rings. The van der Waals surface area contributed by atoms with Crippen LogP contribution < -0.4 is 5.32 Å². The van der Waals surface area contributed by atoms with Gasteiger partial charge in [0.2, 0.25) is 11.8 Å². The van der Waals surface area contributed by atoms with Crippen molar-refractivity contribution in [2.45, 2.75) is 38.8 Å². The standard InChI is InChI=1S/C16H27N5O3/c1-2-15-18-14(19-24-15)12-20-5-3-4-13(11-20)17-10-16(22)21-6-8-23-9-7-21/h13,17H,2-12H2,1H3/t13-/m0/s1. The SMILES string of the molecule is CCc1nc(CN2CCC[C@H](NCC(=O)N3CCOCC3)C2)no1. The van der Waals surface area contributed by atoms with E-state index in [0.717, 1.165) is 38.2 Å². The van der Waals surface area contributed by atoms with Crippen molar-refractivity contribution in [3.63, 3.8) is 0 Å². The number of hydrogen-bond acceptors (Lipinski definition) is 7. The van der Waals surface area contributed by atoms with Crippen molar-refractivity contribution in [2.75, 3.05) is 45.9 Å². The molecule has 2 saturated heterocycles. The molecule has 8 nitrogen and oxygen atoms in total. The number of aryl methyl sites for hydroxylation is 1. The molecule has 1 atom stereocenters. The van der Waals surface area contributed by atoms with Gasteiger partial charge in [0.15, 0.2) is 5.82 Å². The highest BCUT2D eigenvalue weighted by molar-refractivity contribution is 5.78. The van der Waals surface area contributed by atoms with Crippen LogP contribution in [0.15, 0.2) is 4.52 Å². The smallest absolute Gasteiger partial charge is 0.236 e. The van der Waals surface area contributed by atoms with Crippen molar-refractivity contribution >= 4 is 5.91 Å². The molecule has 134 valence electrons. The topological polar surface area (TPSA) is 83.7 Å². The molecular weight excluding hydrogens is 310 g/mol. The fourth-order valence-electron chi connectivity index (χ4n) is 3.22. The number of rotatable bonds is 6. The van der Waals surface area contributed by atoms with Crippen LogP contribution in [-0.4, -0.2) is 77.8 Å². The van der Waals surface area contributed by atoms with E-state index in [-0.39, 0.29) is 5.91 Å². The van der Waals surface area contributed by atoms with Crippen molar-refractivity contribution in [3.8, 4) is 0 Å². The summed E-state index contributed by atoms with van der Waals surface area (Å²) in [6.07, 6.45) is 2.97. The molecule has 2 aliphatic heterocycles. The number of morpholine rings is 1. The van der Waals surface area contributed by atoms with Gasteiger partial charge in [-0.15, -0.1) is 0 Å². The minimum atomic E-state index is 0.168. The maximum atomic E-state index is 12.2. The lowest BCUT2D eigenvalue weighted by Crippen LogP contribution is -2.50. The molecule has 0 bridgehead atoms. The third-order valence-electron chi connectivity index (χ3n) is 4.59. The van der Waals surface area contributed by atoms with Crippen LogP contribution in [0.4, 0.5) is 0 Å². The van der Waals surface area contributed by atoms with Crippen LogP contribution in [0.25, 0.3) is 0 Å². The Hall–Kier alpha value is -1.51. The van der Waals surface area contributed by atoms with E-state index < -0.39 is 0 Å². The Morgan fingerprint density at radius 1 is 1.33 bits per heavy atom. The molecule has 0 spiro atoms. The van der Waals surface area contributed by atoms with Crippen LogP contribution in [0.3, 0.4) is 0 Å². The number of nitrogens with one attached hydrogen (secondary N) is 1. The van der Waals surface area contributed by atoms with E-state index in [2.05, 4.69) is 20.4 Å². The molecule has 3 rings (SSSR count). The van der Waals surface area contributed by atoms with Crippen molar-refractivity contribution < 1.29 is 14.1 Å². The molecule has 1 amide bonds. The largest absolute Gasteiger partial charge is 0.378 e. The van der Waals surface area contributed by atoms with Crippen LogP contribution in [0, 0.1) is 0 Å². The number of carbonyl (C=O) groups is 1. The van der Waals surface area contributed by atoms with E-state index in [1.807, 2.05) is 11.8 Å². The van der Waals surface area contributed by atoms with E-state index >= 15 is 0 Å². The first-order chi connectivity index (χ1) is 11.7. The normalized spacial score (nSPS) is 22.7. The fraction of sp³-hybridized carbons (Fsp3) is 0.812. The average molecular weight is 337 g/mol. The first-order valence-corrected chi connectivity index (χ1v) is 8.87. The summed E-state index contributed by atoms with van der Waals surface area (Å²) >= 11 is 0. The van der Waals surface area contributed by atoms with Gasteiger partial charge in [-0.1, -0.05) is 12.1 Å². The average Bonchev–Trinajstić information content (AvgIpc) is 3.08. The summed E-state index contributed by atoms with van der Waals surface area (Å²) in [7, 11) is 0. The molecule has 0 radical (unpaired) electrons. The predicted molar refractivity (Wildman–Crippen MR) is 87.4 cm³/mol. The first-order valence-electron chi connectivity index (χ1n) is 8.87. The zero-order chi connectivity index (χ0) is 16.8. The van der Waals surface area contributed by atoms with Gasteiger partial charge in [0.05, 0.1) is 26.3 Å². The summed E-state index contributed by atoms with van der Waals surface area (Å²) in [5, 5.41) is 7.43. The Kier molecular flexibility index (Phi) is 6.17. The molecular formula is C16H27N5O3. The van der Waals surface area contributed by atoms with Gasteiger partial charge in [-0.3, -0.25) is 9.69 Å². The Morgan fingerprint density at radius 2 is 2.17 bits per heavy atom. The van der Waals surface area contributed by atoms with Crippen LogP contribution in [-0.2, 0) is 22.5 Å². The number of piperidine rings is 1. The molecule has 0 aliphatic carbocycles. The zero-order valence-corrected chi connectivity index (χ0v) is 14.4. The highest BCUT2D eigenvalue weighted by atomic mass is 16.5. The van der Waals surface area contributed by atoms with Gasteiger partial charge >= 0.3 is 0 Å². The molecule has 1 N–H and O–H groups in total. The highest BCUT2D eigenvalue weighted by Crippen LogP contribution is 2.13. The quantitative estimate of drug-likeness (QED) is 0.785. The summed E-state index contributed by atoms with van der Waals surface area (Å²) in [4.78, 5) is 20.8. The Labute approximate surface area is 142 Å². The molecule has 0 unspecified atom stereocenters. The van der Waals surface area contributed by atoms with Crippen molar-refractivity contribution in [2.24, 2.45) is 0 Å². The number of nitrogens with zero attached hydrogens (tertiary/aromatic N) is 4. The number of hydrogen-bond donors (Lipinski definition) is 1. The Bertz CT molecular complexity index is 530. The molecule has 0 aromatic carbocycles. The summed E-state index contributed by atoms with van der Waals surface area (Å²) in [5.74, 6) is 1.60. The lowest BCUT2D eigenvalue weighted by Gasteiger charge is -2.33. The van der Waals surface area contributed by atoms with E-state index in [1.165, 1.54) is 0 Å². The van der Waals surface area contributed by atoms with E-state index in [9.17, 15) is 4.79 Å². The summed E-state index contributed by atoms with van der Waals surface area (Å²) in [6.45, 7) is 7.76. The van der Waals surface area contributed by atoms with E-state index in [4.69, 9.17) is 9.26 Å². The van der Waals surface area contributed by atoms with Gasteiger partial charge in [0, 0.05) is 32.1 Å². The van der Waals surface area contributed by atoms with Crippen molar-refractivity contribution in [3.05, 3.63) is 11.7 Å². The van der Waals surface area contributed by atoms with Gasteiger partial charge in [0.25, 0.3) is 0 Å². The zero-order valence-electron chi connectivity index (χ0n) is 14.4. The van der Waals surface area contributed by atoms with Crippen LogP contribution >= 0.6 is 0 Å². The molecule has 0 saturated carbocycles. The predicted octanol–water partition coefficient (Wildman–Crippen LogP) is 0.0448. The monoisotopic (exact) mass is 337 g/mol. The van der Waals surface area contributed by atoms with Gasteiger partial charge in [-0.05, 0) is 19.4 Å². The molecule has 3 heterocycles. The summed E-state index contributed by atoms with van der Waals surface area (Å²) < 4.78 is 10.4. The third-order valence-corrected chi connectivity index (χ3v) is 4.59. The first kappa shape index (κ1) is 17.3. The van der Waals surface area contributed by atoms with E-state index in [1.54, 1.807) is 0 Å². The maximum Gasteiger partial charge on any atom is 0.236 e. The molecule has 24 heavy (non-hydrogen) atoms. The summed E-state index contributed by atoms with van der Waals surface area (Å²) in [6, 6.07) is 0.335. The number of ether oxygens (including phenoxy) is 1.